The normalized spacial score (nSPS) is 12.9. The van der Waals surface area contributed by atoms with Crippen molar-refractivity contribution in [3.8, 4) is 0 Å². The van der Waals surface area contributed by atoms with Crippen LogP contribution in [0.3, 0.4) is 0 Å². The summed E-state index contributed by atoms with van der Waals surface area (Å²) in [4.78, 5) is 12.4. The highest BCUT2D eigenvalue weighted by Gasteiger charge is 2.16. The van der Waals surface area contributed by atoms with Crippen molar-refractivity contribution in [2.45, 2.75) is 12.8 Å². The molecule has 0 atom stereocenters. The number of fused-ring (bicyclic) bond motifs is 1. The van der Waals surface area contributed by atoms with Crippen molar-refractivity contribution in [1.29, 1.82) is 0 Å². The quantitative estimate of drug-likeness (QED) is 0.852. The van der Waals surface area contributed by atoms with Crippen LogP contribution in [0.25, 0.3) is 0 Å². The second kappa shape index (κ2) is 5.47. The van der Waals surface area contributed by atoms with Gasteiger partial charge in [0.15, 0.2) is 5.78 Å². The fourth-order valence-electron chi connectivity index (χ4n) is 2.44. The summed E-state index contributed by atoms with van der Waals surface area (Å²) in [5.41, 5.74) is 3.72. The highest BCUT2D eigenvalue weighted by atomic mass is 35.5. The van der Waals surface area contributed by atoms with Crippen LogP contribution in [0.5, 0.6) is 0 Å². The van der Waals surface area contributed by atoms with Gasteiger partial charge in [0, 0.05) is 34.3 Å². The van der Waals surface area contributed by atoms with Crippen LogP contribution in [0, 0.1) is 0 Å². The van der Waals surface area contributed by atoms with Crippen molar-refractivity contribution >= 4 is 34.7 Å². The van der Waals surface area contributed by atoms with E-state index in [0.717, 1.165) is 18.7 Å². The van der Waals surface area contributed by atoms with Crippen molar-refractivity contribution in [3.63, 3.8) is 0 Å². The van der Waals surface area contributed by atoms with Gasteiger partial charge >= 0.3 is 0 Å². The van der Waals surface area contributed by atoms with E-state index in [9.17, 15) is 4.79 Å². The van der Waals surface area contributed by atoms with Gasteiger partial charge in [-0.1, -0.05) is 29.3 Å². The lowest BCUT2D eigenvalue weighted by Gasteiger charge is -2.07. The Hall–Kier alpha value is -1.51. The lowest BCUT2D eigenvalue weighted by atomic mass is 10.00. The highest BCUT2D eigenvalue weighted by Crippen LogP contribution is 2.27. The lowest BCUT2D eigenvalue weighted by Crippen LogP contribution is -2.05. The third-order valence-corrected chi connectivity index (χ3v) is 4.24. The molecule has 0 unspecified atom stereocenters. The molecule has 2 nitrogen and oxygen atoms in total. The Bertz CT molecular complexity index is 662. The maximum atomic E-state index is 12.4. The molecule has 0 radical (unpaired) electrons. The van der Waals surface area contributed by atoms with Crippen LogP contribution in [0.4, 0.5) is 5.69 Å². The summed E-state index contributed by atoms with van der Waals surface area (Å²) in [6.45, 7) is 0.934. The second-order valence-corrected chi connectivity index (χ2v) is 5.66. The SMILES string of the molecule is O=C(Cc1c(Cl)cccc1Cl)c1ccc2c(c1)CCN2. The van der Waals surface area contributed by atoms with Gasteiger partial charge in [-0.2, -0.15) is 0 Å². The fraction of sp³-hybridized carbons (Fsp3) is 0.188. The number of benzene rings is 2. The number of carbonyl (C=O) groups excluding carboxylic acids is 1. The first-order valence-electron chi connectivity index (χ1n) is 6.48. The second-order valence-electron chi connectivity index (χ2n) is 4.85. The van der Waals surface area contributed by atoms with Crippen LogP contribution in [-0.4, -0.2) is 12.3 Å². The van der Waals surface area contributed by atoms with Gasteiger partial charge in [0.05, 0.1) is 0 Å². The van der Waals surface area contributed by atoms with Crippen LogP contribution in [-0.2, 0) is 12.8 Å². The Labute approximate surface area is 127 Å². The van der Waals surface area contributed by atoms with Crippen molar-refractivity contribution < 1.29 is 4.79 Å². The Morgan fingerprint density at radius 1 is 1.15 bits per heavy atom. The Kier molecular flexibility index (Phi) is 3.68. The number of hydrogen-bond donors (Lipinski definition) is 1. The van der Waals surface area contributed by atoms with E-state index in [4.69, 9.17) is 23.2 Å². The molecule has 1 N–H and O–H groups in total. The molecule has 0 spiro atoms. The summed E-state index contributed by atoms with van der Waals surface area (Å²) in [5.74, 6) is 0.0368. The monoisotopic (exact) mass is 305 g/mol. The molecule has 20 heavy (non-hydrogen) atoms. The molecule has 1 heterocycles. The van der Waals surface area contributed by atoms with E-state index in [-0.39, 0.29) is 12.2 Å². The van der Waals surface area contributed by atoms with Gasteiger partial charge in [-0.3, -0.25) is 4.79 Å². The Morgan fingerprint density at radius 2 is 1.90 bits per heavy atom. The maximum absolute atomic E-state index is 12.4. The molecule has 2 aromatic rings. The van der Waals surface area contributed by atoms with Crippen LogP contribution in [0.2, 0.25) is 10.0 Å². The summed E-state index contributed by atoms with van der Waals surface area (Å²) in [7, 11) is 0. The predicted molar refractivity (Wildman–Crippen MR) is 83.1 cm³/mol. The zero-order valence-electron chi connectivity index (χ0n) is 10.7. The van der Waals surface area contributed by atoms with E-state index < -0.39 is 0 Å². The lowest BCUT2D eigenvalue weighted by molar-refractivity contribution is 0.0993. The molecular formula is C16H13Cl2NO. The minimum absolute atomic E-state index is 0.0368. The molecule has 4 heteroatoms. The third kappa shape index (κ3) is 2.54. The Morgan fingerprint density at radius 3 is 2.65 bits per heavy atom. The van der Waals surface area contributed by atoms with E-state index in [1.54, 1.807) is 18.2 Å². The van der Waals surface area contributed by atoms with Crippen molar-refractivity contribution in [3.05, 3.63) is 63.1 Å². The maximum Gasteiger partial charge on any atom is 0.167 e. The molecular weight excluding hydrogens is 293 g/mol. The molecule has 1 aliphatic rings. The van der Waals surface area contributed by atoms with E-state index in [2.05, 4.69) is 5.32 Å². The predicted octanol–water partition coefficient (Wildman–Crippen LogP) is 4.39. The molecule has 0 amide bonds. The first-order chi connectivity index (χ1) is 9.65. The van der Waals surface area contributed by atoms with Crippen molar-refractivity contribution in [1.82, 2.24) is 0 Å². The molecule has 0 aliphatic carbocycles. The van der Waals surface area contributed by atoms with E-state index in [1.807, 2.05) is 18.2 Å². The number of carbonyl (C=O) groups is 1. The van der Waals surface area contributed by atoms with Crippen molar-refractivity contribution in [2.24, 2.45) is 0 Å². The number of halogens is 2. The summed E-state index contributed by atoms with van der Waals surface area (Å²) in [6, 6.07) is 11.1. The van der Waals surface area contributed by atoms with Crippen LogP contribution >= 0.6 is 23.2 Å². The van der Waals surface area contributed by atoms with Crippen molar-refractivity contribution in [2.75, 3.05) is 11.9 Å². The Balaban J connectivity index is 1.86. The number of rotatable bonds is 3. The van der Waals surface area contributed by atoms with Crippen LogP contribution in [0.15, 0.2) is 36.4 Å². The molecule has 3 rings (SSSR count). The van der Waals surface area contributed by atoms with Gasteiger partial charge in [0.2, 0.25) is 0 Å². The molecule has 0 saturated carbocycles. The number of Topliss-reactive ketones (excluding diaryl/α,β-unsaturated/α-hetero) is 1. The molecule has 2 aromatic carbocycles. The molecule has 0 bridgehead atoms. The van der Waals surface area contributed by atoms with Gasteiger partial charge in [-0.25, -0.2) is 0 Å². The zero-order valence-corrected chi connectivity index (χ0v) is 12.3. The number of anilines is 1. The third-order valence-electron chi connectivity index (χ3n) is 3.54. The molecule has 0 saturated heterocycles. The van der Waals surface area contributed by atoms with Crippen LogP contribution < -0.4 is 5.32 Å². The van der Waals surface area contributed by atoms with E-state index >= 15 is 0 Å². The smallest absolute Gasteiger partial charge is 0.167 e. The molecule has 0 aromatic heterocycles. The minimum Gasteiger partial charge on any atom is -0.384 e. The number of ketones is 1. The minimum atomic E-state index is 0.0368. The average Bonchev–Trinajstić information content (AvgIpc) is 2.90. The summed E-state index contributed by atoms with van der Waals surface area (Å²) in [6.07, 6.45) is 1.19. The first-order valence-corrected chi connectivity index (χ1v) is 7.23. The summed E-state index contributed by atoms with van der Waals surface area (Å²) >= 11 is 12.2. The zero-order chi connectivity index (χ0) is 14.1. The molecule has 102 valence electrons. The molecule has 0 fully saturated rings. The molecule has 1 aliphatic heterocycles. The van der Waals surface area contributed by atoms with E-state index in [0.29, 0.717) is 21.2 Å². The van der Waals surface area contributed by atoms with Crippen LogP contribution in [0.1, 0.15) is 21.5 Å². The van der Waals surface area contributed by atoms with E-state index in [1.165, 1.54) is 5.56 Å². The van der Waals surface area contributed by atoms with Gasteiger partial charge in [0.1, 0.15) is 0 Å². The highest BCUT2D eigenvalue weighted by molar-refractivity contribution is 6.36. The van der Waals surface area contributed by atoms with Gasteiger partial charge in [-0.05, 0) is 47.9 Å². The number of hydrogen-bond acceptors (Lipinski definition) is 2. The fourth-order valence-corrected chi connectivity index (χ4v) is 2.97. The average molecular weight is 306 g/mol. The number of nitrogens with one attached hydrogen (secondary N) is 1. The first kappa shape index (κ1) is 13.5. The topological polar surface area (TPSA) is 29.1 Å². The van der Waals surface area contributed by atoms with Gasteiger partial charge < -0.3 is 5.32 Å². The summed E-state index contributed by atoms with van der Waals surface area (Å²) < 4.78 is 0. The largest absolute Gasteiger partial charge is 0.384 e. The van der Waals surface area contributed by atoms with Gasteiger partial charge in [0.25, 0.3) is 0 Å². The standard InChI is InChI=1S/C16H13Cl2NO/c17-13-2-1-3-14(18)12(13)9-16(20)11-4-5-15-10(8-11)6-7-19-15/h1-5,8,19H,6-7,9H2. The van der Waals surface area contributed by atoms with Gasteiger partial charge in [-0.15, -0.1) is 0 Å². The summed E-state index contributed by atoms with van der Waals surface area (Å²) in [5, 5.41) is 4.35.